The second-order valence-electron chi connectivity index (χ2n) is 3.76. The maximum atomic E-state index is 4.38. The number of aromatic nitrogens is 2. The van der Waals surface area contributed by atoms with Crippen LogP contribution in [0, 0.1) is 0 Å². The average molecular weight is 220 g/mol. The van der Waals surface area contributed by atoms with Crippen LogP contribution in [-0.4, -0.2) is 36.1 Å². The molecular formula is C10H12N4S. The number of fused-ring (bicyclic) bond motifs is 1. The molecule has 4 nitrogen and oxygen atoms in total. The van der Waals surface area contributed by atoms with Crippen molar-refractivity contribution in [1.82, 2.24) is 15.3 Å². The highest BCUT2D eigenvalue weighted by atomic mass is 32.1. The number of rotatable bonds is 2. The summed E-state index contributed by atoms with van der Waals surface area (Å²) in [6.07, 6.45) is 1.65. The molecule has 0 spiro atoms. The fraction of sp³-hybridized carbons (Fsp3) is 0.400. The number of thiophene rings is 1. The summed E-state index contributed by atoms with van der Waals surface area (Å²) in [5.41, 5.74) is 0. The Morgan fingerprint density at radius 3 is 3.07 bits per heavy atom. The summed E-state index contributed by atoms with van der Waals surface area (Å²) in [6, 6.07) is 2.67. The first-order chi connectivity index (χ1) is 7.36. The Balaban J connectivity index is 2.05. The number of hydrogen-bond acceptors (Lipinski definition) is 5. The van der Waals surface area contributed by atoms with Crippen LogP contribution >= 0.6 is 11.3 Å². The summed E-state index contributed by atoms with van der Waals surface area (Å²) in [5.74, 6) is 1.05. The van der Waals surface area contributed by atoms with Gasteiger partial charge < -0.3 is 10.2 Å². The van der Waals surface area contributed by atoms with Crippen molar-refractivity contribution in [1.29, 1.82) is 0 Å². The van der Waals surface area contributed by atoms with Crippen LogP contribution < -0.4 is 10.2 Å². The van der Waals surface area contributed by atoms with Crippen LogP contribution in [0.5, 0.6) is 0 Å². The summed E-state index contributed by atoms with van der Waals surface area (Å²) in [7, 11) is 2.10. The minimum Gasteiger partial charge on any atom is -0.353 e. The Hall–Kier alpha value is -1.20. The van der Waals surface area contributed by atoms with Gasteiger partial charge in [0.2, 0.25) is 0 Å². The number of nitrogens with zero attached hydrogens (tertiary/aromatic N) is 3. The molecule has 2 aromatic heterocycles. The van der Waals surface area contributed by atoms with Crippen LogP contribution in [0.4, 0.5) is 5.82 Å². The molecule has 5 heteroatoms. The molecule has 1 aliphatic rings. The summed E-state index contributed by atoms with van der Waals surface area (Å²) in [5, 5.41) is 6.50. The molecule has 15 heavy (non-hydrogen) atoms. The van der Waals surface area contributed by atoms with Gasteiger partial charge in [0.05, 0.1) is 11.4 Å². The van der Waals surface area contributed by atoms with E-state index in [1.54, 1.807) is 17.7 Å². The van der Waals surface area contributed by atoms with Gasteiger partial charge in [-0.1, -0.05) is 0 Å². The summed E-state index contributed by atoms with van der Waals surface area (Å²) >= 11 is 1.66. The first-order valence-electron chi connectivity index (χ1n) is 4.98. The van der Waals surface area contributed by atoms with E-state index in [1.807, 2.05) is 0 Å². The second-order valence-corrected chi connectivity index (χ2v) is 4.65. The molecule has 0 saturated carbocycles. The van der Waals surface area contributed by atoms with E-state index in [0.717, 1.165) is 29.1 Å². The molecule has 0 amide bonds. The standard InChI is InChI=1S/C10H12N4S/c1-14(7-4-11-5-7)9-8-2-3-15-10(8)13-6-12-9/h2-3,6-7,11H,4-5H2,1H3. The summed E-state index contributed by atoms with van der Waals surface area (Å²) in [4.78, 5) is 11.9. The molecule has 1 aliphatic heterocycles. The zero-order chi connectivity index (χ0) is 10.3. The van der Waals surface area contributed by atoms with Gasteiger partial charge in [0.15, 0.2) is 0 Å². The topological polar surface area (TPSA) is 41.1 Å². The molecule has 78 valence electrons. The molecular weight excluding hydrogens is 208 g/mol. The first-order valence-corrected chi connectivity index (χ1v) is 5.86. The zero-order valence-electron chi connectivity index (χ0n) is 8.47. The highest BCUT2D eigenvalue weighted by Gasteiger charge is 2.23. The fourth-order valence-corrected chi connectivity index (χ4v) is 2.51. The largest absolute Gasteiger partial charge is 0.353 e. The number of hydrogen-bond donors (Lipinski definition) is 1. The monoisotopic (exact) mass is 220 g/mol. The van der Waals surface area contributed by atoms with Crippen LogP contribution in [0.3, 0.4) is 0 Å². The Labute approximate surface area is 92.0 Å². The Bertz CT molecular complexity index is 477. The van der Waals surface area contributed by atoms with Crippen molar-refractivity contribution in [3.63, 3.8) is 0 Å². The van der Waals surface area contributed by atoms with Gasteiger partial charge in [-0.25, -0.2) is 9.97 Å². The highest BCUT2D eigenvalue weighted by molar-refractivity contribution is 7.16. The van der Waals surface area contributed by atoms with Crippen LogP contribution in [-0.2, 0) is 0 Å². The van der Waals surface area contributed by atoms with Crippen molar-refractivity contribution >= 4 is 27.4 Å². The van der Waals surface area contributed by atoms with E-state index in [0.29, 0.717) is 6.04 Å². The van der Waals surface area contributed by atoms with E-state index in [4.69, 9.17) is 0 Å². The van der Waals surface area contributed by atoms with Crippen molar-refractivity contribution in [2.75, 3.05) is 25.0 Å². The van der Waals surface area contributed by atoms with E-state index in [1.165, 1.54) is 0 Å². The van der Waals surface area contributed by atoms with Crippen LogP contribution in [0.25, 0.3) is 10.2 Å². The van der Waals surface area contributed by atoms with E-state index >= 15 is 0 Å². The first kappa shape index (κ1) is 9.06. The van der Waals surface area contributed by atoms with Crippen molar-refractivity contribution in [2.45, 2.75) is 6.04 Å². The Morgan fingerprint density at radius 1 is 1.47 bits per heavy atom. The van der Waals surface area contributed by atoms with Crippen LogP contribution in [0.1, 0.15) is 0 Å². The minimum atomic E-state index is 0.572. The van der Waals surface area contributed by atoms with Gasteiger partial charge in [0, 0.05) is 20.1 Å². The number of likely N-dealkylation sites (N-methyl/N-ethyl adjacent to an activating group) is 1. The van der Waals surface area contributed by atoms with Gasteiger partial charge in [-0.3, -0.25) is 0 Å². The molecule has 0 aromatic carbocycles. The van der Waals surface area contributed by atoms with Crippen molar-refractivity contribution in [2.24, 2.45) is 0 Å². The molecule has 0 aliphatic carbocycles. The zero-order valence-corrected chi connectivity index (χ0v) is 9.29. The second kappa shape index (κ2) is 3.43. The molecule has 0 bridgehead atoms. The molecule has 0 radical (unpaired) electrons. The number of anilines is 1. The molecule has 3 heterocycles. The van der Waals surface area contributed by atoms with Gasteiger partial charge in [0.1, 0.15) is 17.0 Å². The molecule has 1 N–H and O–H groups in total. The lowest BCUT2D eigenvalue weighted by Crippen LogP contribution is -2.56. The molecule has 0 unspecified atom stereocenters. The lowest BCUT2D eigenvalue weighted by molar-refractivity contribution is 0.427. The SMILES string of the molecule is CN(c1ncnc2sccc12)C1CNC1. The minimum absolute atomic E-state index is 0.572. The third-order valence-corrected chi connectivity index (χ3v) is 3.70. The van der Waals surface area contributed by atoms with Gasteiger partial charge >= 0.3 is 0 Å². The van der Waals surface area contributed by atoms with E-state index in [2.05, 4.69) is 38.7 Å². The van der Waals surface area contributed by atoms with E-state index in [9.17, 15) is 0 Å². The van der Waals surface area contributed by atoms with Crippen molar-refractivity contribution in [3.8, 4) is 0 Å². The van der Waals surface area contributed by atoms with Crippen LogP contribution in [0.15, 0.2) is 17.8 Å². The smallest absolute Gasteiger partial charge is 0.140 e. The molecule has 0 atom stereocenters. The Morgan fingerprint density at radius 2 is 2.33 bits per heavy atom. The van der Waals surface area contributed by atoms with Gasteiger partial charge in [-0.05, 0) is 11.4 Å². The van der Waals surface area contributed by atoms with Crippen LogP contribution in [0.2, 0.25) is 0 Å². The fourth-order valence-electron chi connectivity index (χ4n) is 1.78. The molecule has 2 aromatic rings. The third kappa shape index (κ3) is 1.39. The maximum absolute atomic E-state index is 4.38. The van der Waals surface area contributed by atoms with Gasteiger partial charge in [0.25, 0.3) is 0 Å². The van der Waals surface area contributed by atoms with Gasteiger partial charge in [-0.15, -0.1) is 11.3 Å². The molecule has 3 rings (SSSR count). The third-order valence-electron chi connectivity index (χ3n) is 2.88. The lowest BCUT2D eigenvalue weighted by atomic mass is 10.1. The number of nitrogens with one attached hydrogen (secondary N) is 1. The average Bonchev–Trinajstić information content (AvgIpc) is 2.61. The van der Waals surface area contributed by atoms with E-state index in [-0.39, 0.29) is 0 Å². The molecule has 1 saturated heterocycles. The van der Waals surface area contributed by atoms with Crippen molar-refractivity contribution in [3.05, 3.63) is 17.8 Å². The maximum Gasteiger partial charge on any atom is 0.140 e. The summed E-state index contributed by atoms with van der Waals surface area (Å²) < 4.78 is 0. The Kier molecular flexibility index (Phi) is 2.07. The quantitative estimate of drug-likeness (QED) is 0.823. The molecule has 1 fully saturated rings. The van der Waals surface area contributed by atoms with E-state index < -0.39 is 0 Å². The van der Waals surface area contributed by atoms with Crippen molar-refractivity contribution < 1.29 is 0 Å². The predicted molar refractivity (Wildman–Crippen MR) is 62.5 cm³/mol. The highest BCUT2D eigenvalue weighted by Crippen LogP contribution is 2.27. The lowest BCUT2D eigenvalue weighted by Gasteiger charge is -2.36. The predicted octanol–water partition coefficient (Wildman–Crippen LogP) is 1.10. The summed E-state index contributed by atoms with van der Waals surface area (Å²) in [6.45, 7) is 2.10. The van der Waals surface area contributed by atoms with Gasteiger partial charge in [-0.2, -0.15) is 0 Å². The normalized spacial score (nSPS) is 16.6.